The molecular formula is C14H21N3O. The number of carbonyl (C=O) groups is 1. The number of benzene rings is 1. The van der Waals surface area contributed by atoms with Crippen LogP contribution in [0.5, 0.6) is 0 Å². The first-order valence-corrected chi connectivity index (χ1v) is 6.44. The SMILES string of the molecule is CNCCN(C)C(=O)CN1CCc2ccccc21. The van der Waals surface area contributed by atoms with Crippen LogP contribution in [0.25, 0.3) is 0 Å². The van der Waals surface area contributed by atoms with E-state index >= 15 is 0 Å². The van der Waals surface area contributed by atoms with Gasteiger partial charge in [-0.15, -0.1) is 0 Å². The minimum absolute atomic E-state index is 0.182. The Morgan fingerprint density at radius 2 is 2.22 bits per heavy atom. The van der Waals surface area contributed by atoms with Crippen molar-refractivity contribution >= 4 is 11.6 Å². The molecule has 1 aliphatic heterocycles. The number of anilines is 1. The van der Waals surface area contributed by atoms with Crippen molar-refractivity contribution in [3.8, 4) is 0 Å². The first kappa shape index (κ1) is 12.9. The quantitative estimate of drug-likeness (QED) is 0.833. The molecule has 1 aromatic rings. The second kappa shape index (κ2) is 5.87. The van der Waals surface area contributed by atoms with Crippen molar-refractivity contribution in [2.75, 3.05) is 45.2 Å². The zero-order valence-electron chi connectivity index (χ0n) is 11.1. The Hall–Kier alpha value is -1.55. The van der Waals surface area contributed by atoms with Crippen LogP contribution < -0.4 is 10.2 Å². The Labute approximate surface area is 109 Å². The maximum Gasteiger partial charge on any atom is 0.241 e. The van der Waals surface area contributed by atoms with Gasteiger partial charge in [0.1, 0.15) is 0 Å². The summed E-state index contributed by atoms with van der Waals surface area (Å²) in [4.78, 5) is 16.0. The number of fused-ring (bicyclic) bond motifs is 1. The van der Waals surface area contributed by atoms with E-state index in [0.29, 0.717) is 6.54 Å². The van der Waals surface area contributed by atoms with Crippen LogP contribution in [-0.2, 0) is 11.2 Å². The lowest BCUT2D eigenvalue weighted by molar-refractivity contribution is -0.128. The van der Waals surface area contributed by atoms with Crippen molar-refractivity contribution in [1.82, 2.24) is 10.2 Å². The normalized spacial score (nSPS) is 13.6. The molecular weight excluding hydrogens is 226 g/mol. The molecule has 4 nitrogen and oxygen atoms in total. The van der Waals surface area contributed by atoms with E-state index < -0.39 is 0 Å². The van der Waals surface area contributed by atoms with Crippen molar-refractivity contribution in [3.63, 3.8) is 0 Å². The maximum atomic E-state index is 12.1. The monoisotopic (exact) mass is 247 g/mol. The average molecular weight is 247 g/mol. The lowest BCUT2D eigenvalue weighted by atomic mass is 10.2. The van der Waals surface area contributed by atoms with Crippen LogP contribution in [0.3, 0.4) is 0 Å². The van der Waals surface area contributed by atoms with Crippen LogP contribution in [0, 0.1) is 0 Å². The highest BCUT2D eigenvalue weighted by Crippen LogP contribution is 2.26. The van der Waals surface area contributed by atoms with Gasteiger partial charge in [-0.05, 0) is 25.1 Å². The number of nitrogens with one attached hydrogen (secondary N) is 1. The molecule has 1 aromatic carbocycles. The minimum atomic E-state index is 0.182. The van der Waals surface area contributed by atoms with Crippen molar-refractivity contribution in [3.05, 3.63) is 29.8 Å². The van der Waals surface area contributed by atoms with Crippen molar-refractivity contribution in [1.29, 1.82) is 0 Å². The maximum absolute atomic E-state index is 12.1. The van der Waals surface area contributed by atoms with E-state index in [-0.39, 0.29) is 5.91 Å². The van der Waals surface area contributed by atoms with Crippen LogP contribution in [0.15, 0.2) is 24.3 Å². The second-order valence-electron chi connectivity index (χ2n) is 4.72. The minimum Gasteiger partial charge on any atom is -0.362 e. The van der Waals surface area contributed by atoms with Crippen LogP contribution in [0.1, 0.15) is 5.56 Å². The summed E-state index contributed by atoms with van der Waals surface area (Å²) in [6, 6.07) is 8.34. The van der Waals surface area contributed by atoms with Gasteiger partial charge in [-0.25, -0.2) is 0 Å². The molecule has 0 spiro atoms. The number of nitrogens with zero attached hydrogens (tertiary/aromatic N) is 2. The van der Waals surface area contributed by atoms with E-state index in [4.69, 9.17) is 0 Å². The molecule has 1 heterocycles. The topological polar surface area (TPSA) is 35.6 Å². The first-order chi connectivity index (χ1) is 8.72. The Balaban J connectivity index is 1.93. The van der Waals surface area contributed by atoms with Gasteiger partial charge in [-0.1, -0.05) is 18.2 Å². The number of hydrogen-bond acceptors (Lipinski definition) is 3. The van der Waals surface area contributed by atoms with Gasteiger partial charge in [0.05, 0.1) is 6.54 Å². The molecule has 98 valence electrons. The molecule has 1 amide bonds. The zero-order valence-corrected chi connectivity index (χ0v) is 11.1. The lowest BCUT2D eigenvalue weighted by Gasteiger charge is -2.23. The van der Waals surface area contributed by atoms with E-state index in [0.717, 1.165) is 26.1 Å². The first-order valence-electron chi connectivity index (χ1n) is 6.44. The number of carbonyl (C=O) groups excluding carboxylic acids is 1. The summed E-state index contributed by atoms with van der Waals surface area (Å²) in [5.41, 5.74) is 2.57. The van der Waals surface area contributed by atoms with E-state index in [2.05, 4.69) is 28.4 Å². The van der Waals surface area contributed by atoms with Gasteiger partial charge in [0.25, 0.3) is 0 Å². The molecule has 1 aliphatic rings. The van der Waals surface area contributed by atoms with Gasteiger partial charge < -0.3 is 15.1 Å². The van der Waals surface area contributed by atoms with Crippen molar-refractivity contribution in [2.45, 2.75) is 6.42 Å². The highest BCUT2D eigenvalue weighted by atomic mass is 16.2. The standard InChI is InChI=1S/C14H21N3O/c1-15-8-10-16(2)14(18)11-17-9-7-12-5-3-4-6-13(12)17/h3-6,15H,7-11H2,1-2H3. The second-order valence-corrected chi connectivity index (χ2v) is 4.72. The molecule has 0 bridgehead atoms. The van der Waals surface area contributed by atoms with Gasteiger partial charge in [-0.2, -0.15) is 0 Å². The Morgan fingerprint density at radius 3 is 3.00 bits per heavy atom. The van der Waals surface area contributed by atoms with E-state index in [1.165, 1.54) is 11.3 Å². The summed E-state index contributed by atoms with van der Waals surface area (Å²) in [6.07, 6.45) is 1.05. The molecule has 0 atom stereocenters. The third kappa shape index (κ3) is 2.82. The summed E-state index contributed by atoms with van der Waals surface area (Å²) >= 11 is 0. The third-order valence-corrected chi connectivity index (χ3v) is 3.43. The fourth-order valence-corrected chi connectivity index (χ4v) is 2.26. The van der Waals surface area contributed by atoms with Crippen molar-refractivity contribution < 1.29 is 4.79 Å². The number of para-hydroxylation sites is 1. The molecule has 0 aromatic heterocycles. The van der Waals surface area contributed by atoms with E-state index in [1.54, 1.807) is 4.90 Å². The zero-order chi connectivity index (χ0) is 13.0. The number of hydrogen-bond donors (Lipinski definition) is 1. The predicted molar refractivity (Wildman–Crippen MR) is 73.9 cm³/mol. The Kier molecular flexibility index (Phi) is 4.20. The number of rotatable bonds is 5. The van der Waals surface area contributed by atoms with Crippen LogP contribution in [-0.4, -0.2) is 51.1 Å². The lowest BCUT2D eigenvalue weighted by Crippen LogP contribution is -2.40. The Morgan fingerprint density at radius 1 is 1.44 bits per heavy atom. The number of amides is 1. The van der Waals surface area contributed by atoms with Gasteiger partial charge in [0.15, 0.2) is 0 Å². The van der Waals surface area contributed by atoms with Crippen molar-refractivity contribution in [2.24, 2.45) is 0 Å². The van der Waals surface area contributed by atoms with Crippen LogP contribution >= 0.6 is 0 Å². The molecule has 0 unspecified atom stereocenters. The molecule has 4 heteroatoms. The summed E-state index contributed by atoms with van der Waals surface area (Å²) < 4.78 is 0. The van der Waals surface area contributed by atoms with Crippen LogP contribution in [0.2, 0.25) is 0 Å². The fourth-order valence-electron chi connectivity index (χ4n) is 2.26. The highest BCUT2D eigenvalue weighted by molar-refractivity contribution is 5.82. The molecule has 18 heavy (non-hydrogen) atoms. The van der Waals surface area contributed by atoms with Gasteiger partial charge in [0, 0.05) is 32.4 Å². The smallest absolute Gasteiger partial charge is 0.241 e. The summed E-state index contributed by atoms with van der Waals surface area (Å²) in [6.45, 7) is 3.02. The summed E-state index contributed by atoms with van der Waals surface area (Å²) in [7, 11) is 3.76. The predicted octanol–water partition coefficient (Wildman–Crippen LogP) is 0.727. The third-order valence-electron chi connectivity index (χ3n) is 3.43. The van der Waals surface area contributed by atoms with E-state index in [1.807, 2.05) is 20.2 Å². The van der Waals surface area contributed by atoms with Gasteiger partial charge in [-0.3, -0.25) is 4.79 Å². The van der Waals surface area contributed by atoms with Gasteiger partial charge >= 0.3 is 0 Å². The van der Waals surface area contributed by atoms with E-state index in [9.17, 15) is 4.79 Å². The fraction of sp³-hybridized carbons (Fsp3) is 0.500. The molecule has 0 saturated carbocycles. The molecule has 2 rings (SSSR count). The molecule has 1 N–H and O–H groups in total. The number of likely N-dealkylation sites (N-methyl/N-ethyl adjacent to an activating group) is 2. The molecule has 0 aliphatic carbocycles. The highest BCUT2D eigenvalue weighted by Gasteiger charge is 2.21. The molecule has 0 saturated heterocycles. The Bertz CT molecular complexity index is 419. The summed E-state index contributed by atoms with van der Waals surface area (Å²) in [5, 5.41) is 3.06. The molecule has 0 fully saturated rings. The van der Waals surface area contributed by atoms with Gasteiger partial charge in [0.2, 0.25) is 5.91 Å². The van der Waals surface area contributed by atoms with Crippen LogP contribution in [0.4, 0.5) is 5.69 Å². The average Bonchev–Trinajstić information content (AvgIpc) is 2.79. The largest absolute Gasteiger partial charge is 0.362 e. The molecule has 0 radical (unpaired) electrons. The summed E-state index contributed by atoms with van der Waals surface area (Å²) in [5.74, 6) is 0.182.